The maximum absolute atomic E-state index is 13.2. The van der Waals surface area contributed by atoms with E-state index in [1.165, 1.54) is 12.1 Å². The summed E-state index contributed by atoms with van der Waals surface area (Å²) in [4.78, 5) is 8.71. The largest absolute Gasteiger partial charge is 0.366 e. The first-order valence-electron chi connectivity index (χ1n) is 7.46. The highest BCUT2D eigenvalue weighted by molar-refractivity contribution is 6.31. The van der Waals surface area contributed by atoms with Crippen LogP contribution in [0.4, 0.5) is 21.7 Å². The van der Waals surface area contributed by atoms with Crippen LogP contribution in [0.3, 0.4) is 0 Å². The fourth-order valence-electron chi connectivity index (χ4n) is 2.23. The molecule has 1 heterocycles. The molecule has 0 aliphatic rings. The average molecular weight is 343 g/mol. The molecular formula is C18H16ClFN4. The second kappa shape index (κ2) is 7.27. The van der Waals surface area contributed by atoms with Crippen molar-refractivity contribution in [3.8, 4) is 0 Å². The van der Waals surface area contributed by atoms with Crippen LogP contribution in [0.15, 0.2) is 54.6 Å². The Bertz CT molecular complexity index is 840. The minimum Gasteiger partial charge on any atom is -0.366 e. The normalized spacial score (nSPS) is 10.5. The number of hydrogen-bond acceptors (Lipinski definition) is 4. The van der Waals surface area contributed by atoms with Crippen LogP contribution < -0.4 is 10.6 Å². The second-order valence-corrected chi connectivity index (χ2v) is 5.69. The Morgan fingerprint density at radius 3 is 2.50 bits per heavy atom. The molecule has 2 aromatic carbocycles. The molecule has 0 atom stereocenters. The number of nitrogens with one attached hydrogen (secondary N) is 2. The van der Waals surface area contributed by atoms with Crippen LogP contribution in [0.5, 0.6) is 0 Å². The molecule has 3 aromatic rings. The van der Waals surface area contributed by atoms with Gasteiger partial charge in [0.15, 0.2) is 0 Å². The lowest BCUT2D eigenvalue weighted by Gasteiger charge is -2.11. The minimum atomic E-state index is -0.452. The monoisotopic (exact) mass is 342 g/mol. The Morgan fingerprint density at radius 1 is 1.00 bits per heavy atom. The first kappa shape index (κ1) is 16.2. The van der Waals surface area contributed by atoms with Gasteiger partial charge in [0.05, 0.1) is 5.02 Å². The number of aromatic nitrogens is 2. The quantitative estimate of drug-likeness (QED) is 0.690. The first-order chi connectivity index (χ1) is 11.6. The summed E-state index contributed by atoms with van der Waals surface area (Å²) in [7, 11) is 0. The van der Waals surface area contributed by atoms with E-state index in [4.69, 9.17) is 11.6 Å². The van der Waals surface area contributed by atoms with E-state index in [0.717, 1.165) is 5.56 Å². The Labute approximate surface area is 144 Å². The van der Waals surface area contributed by atoms with E-state index in [2.05, 4.69) is 20.6 Å². The van der Waals surface area contributed by atoms with Crippen molar-refractivity contribution in [2.45, 2.75) is 13.5 Å². The highest BCUT2D eigenvalue weighted by Gasteiger charge is 2.05. The van der Waals surface area contributed by atoms with Crippen LogP contribution in [-0.4, -0.2) is 9.97 Å². The SMILES string of the molecule is Cc1nc(NCc2ccccc2)cc(Nc2ccc(F)c(Cl)c2)n1. The number of benzene rings is 2. The zero-order valence-electron chi connectivity index (χ0n) is 13.1. The van der Waals surface area contributed by atoms with Crippen molar-refractivity contribution in [1.29, 1.82) is 0 Å². The van der Waals surface area contributed by atoms with Crippen LogP contribution in [-0.2, 0) is 6.54 Å². The van der Waals surface area contributed by atoms with Gasteiger partial charge in [0.2, 0.25) is 0 Å². The fraction of sp³-hybridized carbons (Fsp3) is 0.111. The number of aryl methyl sites for hydroxylation is 1. The van der Waals surface area contributed by atoms with E-state index in [1.54, 1.807) is 12.1 Å². The van der Waals surface area contributed by atoms with E-state index < -0.39 is 5.82 Å². The molecule has 0 saturated heterocycles. The lowest BCUT2D eigenvalue weighted by Crippen LogP contribution is -2.05. The second-order valence-electron chi connectivity index (χ2n) is 5.28. The number of anilines is 3. The van der Waals surface area contributed by atoms with Gasteiger partial charge in [0, 0.05) is 18.3 Å². The molecule has 6 heteroatoms. The smallest absolute Gasteiger partial charge is 0.141 e. The molecule has 0 amide bonds. The van der Waals surface area contributed by atoms with Gasteiger partial charge in [-0.15, -0.1) is 0 Å². The Hall–Kier alpha value is -2.66. The summed E-state index contributed by atoms with van der Waals surface area (Å²) in [6.45, 7) is 2.48. The number of nitrogens with zero attached hydrogens (tertiary/aromatic N) is 2. The van der Waals surface area contributed by atoms with Gasteiger partial charge in [-0.1, -0.05) is 41.9 Å². The highest BCUT2D eigenvalue weighted by atomic mass is 35.5. The van der Waals surface area contributed by atoms with Gasteiger partial charge in [-0.25, -0.2) is 14.4 Å². The van der Waals surface area contributed by atoms with Crippen molar-refractivity contribution >= 4 is 28.9 Å². The molecule has 3 rings (SSSR count). The third kappa shape index (κ3) is 4.20. The van der Waals surface area contributed by atoms with Gasteiger partial charge in [0.25, 0.3) is 0 Å². The van der Waals surface area contributed by atoms with Crippen LogP contribution in [0, 0.1) is 12.7 Å². The predicted molar refractivity (Wildman–Crippen MR) is 95.2 cm³/mol. The van der Waals surface area contributed by atoms with Crippen LogP contribution in [0.1, 0.15) is 11.4 Å². The lowest BCUT2D eigenvalue weighted by molar-refractivity contribution is 0.628. The fourth-order valence-corrected chi connectivity index (χ4v) is 2.41. The molecule has 0 fully saturated rings. The molecule has 24 heavy (non-hydrogen) atoms. The first-order valence-corrected chi connectivity index (χ1v) is 7.83. The lowest BCUT2D eigenvalue weighted by atomic mass is 10.2. The third-order valence-electron chi connectivity index (χ3n) is 3.35. The summed E-state index contributed by atoms with van der Waals surface area (Å²) < 4.78 is 13.2. The van der Waals surface area contributed by atoms with E-state index in [0.29, 0.717) is 29.7 Å². The summed E-state index contributed by atoms with van der Waals surface area (Å²) in [5.74, 6) is 1.50. The molecule has 4 nitrogen and oxygen atoms in total. The van der Waals surface area contributed by atoms with Crippen LogP contribution in [0.25, 0.3) is 0 Å². The highest BCUT2D eigenvalue weighted by Crippen LogP contribution is 2.23. The molecule has 0 saturated carbocycles. The van der Waals surface area contributed by atoms with Gasteiger partial charge >= 0.3 is 0 Å². The van der Waals surface area contributed by atoms with Gasteiger partial charge in [-0.3, -0.25) is 0 Å². The molecule has 0 radical (unpaired) electrons. The molecule has 0 aliphatic carbocycles. The minimum absolute atomic E-state index is 0.0632. The number of hydrogen-bond donors (Lipinski definition) is 2. The summed E-state index contributed by atoms with van der Waals surface area (Å²) in [5.41, 5.74) is 1.82. The van der Waals surface area contributed by atoms with Crippen LogP contribution >= 0.6 is 11.6 Å². The Balaban J connectivity index is 1.74. The molecule has 2 N–H and O–H groups in total. The predicted octanol–water partition coefficient (Wildman–Crippen LogP) is 4.93. The van der Waals surface area contributed by atoms with Gasteiger partial charge in [-0.05, 0) is 30.7 Å². The third-order valence-corrected chi connectivity index (χ3v) is 3.64. The van der Waals surface area contributed by atoms with Crippen molar-refractivity contribution in [3.05, 3.63) is 76.8 Å². The average Bonchev–Trinajstić information content (AvgIpc) is 2.57. The molecule has 1 aromatic heterocycles. The summed E-state index contributed by atoms with van der Waals surface area (Å²) in [6.07, 6.45) is 0. The maximum Gasteiger partial charge on any atom is 0.141 e. The van der Waals surface area contributed by atoms with Crippen molar-refractivity contribution in [3.63, 3.8) is 0 Å². The molecule has 0 bridgehead atoms. The summed E-state index contributed by atoms with van der Waals surface area (Å²) in [5, 5.41) is 6.44. The van der Waals surface area contributed by atoms with E-state index in [9.17, 15) is 4.39 Å². The standard InChI is InChI=1S/C18H16ClFN4/c1-12-22-17(21-11-13-5-3-2-4-6-13)10-18(23-12)24-14-7-8-16(20)15(19)9-14/h2-10H,11H2,1H3,(H2,21,22,23,24). The molecule has 0 spiro atoms. The van der Waals surface area contributed by atoms with E-state index in [-0.39, 0.29) is 5.02 Å². The van der Waals surface area contributed by atoms with Gasteiger partial charge in [0.1, 0.15) is 23.3 Å². The van der Waals surface area contributed by atoms with Crippen molar-refractivity contribution in [2.24, 2.45) is 0 Å². The van der Waals surface area contributed by atoms with Gasteiger partial charge < -0.3 is 10.6 Å². The molecular weight excluding hydrogens is 327 g/mol. The molecule has 122 valence electrons. The van der Waals surface area contributed by atoms with E-state index >= 15 is 0 Å². The zero-order valence-corrected chi connectivity index (χ0v) is 13.8. The zero-order chi connectivity index (χ0) is 16.9. The molecule has 0 unspecified atom stereocenters. The summed E-state index contributed by atoms with van der Waals surface area (Å²) >= 11 is 5.80. The van der Waals surface area contributed by atoms with Crippen LogP contribution in [0.2, 0.25) is 5.02 Å². The maximum atomic E-state index is 13.2. The van der Waals surface area contributed by atoms with Crippen molar-refractivity contribution < 1.29 is 4.39 Å². The summed E-state index contributed by atoms with van der Waals surface area (Å²) in [6, 6.07) is 16.3. The Morgan fingerprint density at radius 2 is 1.75 bits per heavy atom. The van der Waals surface area contributed by atoms with E-state index in [1.807, 2.05) is 37.3 Å². The topological polar surface area (TPSA) is 49.8 Å². The molecule has 0 aliphatic heterocycles. The number of rotatable bonds is 5. The van der Waals surface area contributed by atoms with Crippen molar-refractivity contribution in [2.75, 3.05) is 10.6 Å². The van der Waals surface area contributed by atoms with Gasteiger partial charge in [-0.2, -0.15) is 0 Å². The Kier molecular flexibility index (Phi) is 4.91. The number of halogens is 2. The van der Waals surface area contributed by atoms with Crippen molar-refractivity contribution in [1.82, 2.24) is 9.97 Å².